The van der Waals surface area contributed by atoms with Crippen molar-refractivity contribution in [3.8, 4) is 0 Å². The summed E-state index contributed by atoms with van der Waals surface area (Å²) in [7, 11) is 0. The zero-order valence-corrected chi connectivity index (χ0v) is 14.7. The van der Waals surface area contributed by atoms with Crippen LogP contribution in [0, 0.1) is 10.8 Å². The Morgan fingerprint density at radius 2 is 1.70 bits per heavy atom. The average Bonchev–Trinajstić information content (AvgIpc) is 2.38. The highest BCUT2D eigenvalue weighted by molar-refractivity contribution is 7.80. The first-order chi connectivity index (χ1) is 9.25. The molecule has 0 saturated carbocycles. The smallest absolute Gasteiger partial charge is 0.233 e. The maximum absolute atomic E-state index is 12.5. The molecule has 1 amide bonds. The lowest BCUT2D eigenvalue weighted by Crippen LogP contribution is -2.50. The number of thiocarbonyl (C=S) groups is 1. The Balaban J connectivity index is 4.56. The molecule has 3 nitrogen and oxygen atoms in total. The van der Waals surface area contributed by atoms with E-state index in [1.807, 2.05) is 13.8 Å². The normalized spacial score (nSPS) is 12.2. The van der Waals surface area contributed by atoms with Crippen LogP contribution in [0.4, 0.5) is 0 Å². The molecule has 0 bridgehead atoms. The summed E-state index contributed by atoms with van der Waals surface area (Å²) >= 11 is 5.11. The van der Waals surface area contributed by atoms with Crippen LogP contribution >= 0.6 is 12.2 Å². The molecule has 0 aliphatic carbocycles. The first-order valence-electron chi connectivity index (χ1n) is 7.84. The Hall–Kier alpha value is -0.640. The molecule has 20 heavy (non-hydrogen) atoms. The van der Waals surface area contributed by atoms with Gasteiger partial charge in [-0.05, 0) is 24.7 Å². The number of nitrogens with one attached hydrogen (secondary N) is 1. The minimum absolute atomic E-state index is 0.0152. The van der Waals surface area contributed by atoms with Crippen molar-refractivity contribution in [3.05, 3.63) is 0 Å². The van der Waals surface area contributed by atoms with Gasteiger partial charge in [-0.3, -0.25) is 4.79 Å². The Bertz CT molecular complexity index is 322. The summed E-state index contributed by atoms with van der Waals surface area (Å²) in [6.07, 6.45) is 6.11. The molecule has 0 aromatic carbocycles. The fourth-order valence-corrected chi connectivity index (χ4v) is 2.84. The van der Waals surface area contributed by atoms with Crippen molar-refractivity contribution in [1.29, 1.82) is 0 Å². The maximum Gasteiger partial charge on any atom is 0.233 e. The van der Waals surface area contributed by atoms with Gasteiger partial charge in [-0.15, -0.1) is 0 Å². The number of amides is 1. The second-order valence-corrected chi connectivity index (χ2v) is 6.90. The zero-order chi connectivity index (χ0) is 15.8. The van der Waals surface area contributed by atoms with Crippen LogP contribution in [-0.2, 0) is 4.79 Å². The minimum Gasteiger partial charge on any atom is -0.392 e. The van der Waals surface area contributed by atoms with Gasteiger partial charge in [0.2, 0.25) is 5.91 Å². The van der Waals surface area contributed by atoms with E-state index in [0.29, 0.717) is 24.4 Å². The van der Waals surface area contributed by atoms with E-state index in [1.165, 1.54) is 19.3 Å². The molecule has 0 aromatic heterocycles. The lowest BCUT2D eigenvalue weighted by atomic mass is 9.80. The summed E-state index contributed by atoms with van der Waals surface area (Å²) in [5, 5.41) is 3.07. The van der Waals surface area contributed by atoms with Gasteiger partial charge in [0.25, 0.3) is 0 Å². The second kappa shape index (κ2) is 8.60. The Morgan fingerprint density at radius 3 is 2.10 bits per heavy atom. The molecule has 0 rings (SSSR count). The summed E-state index contributed by atoms with van der Waals surface area (Å²) in [6, 6.07) is 0. The van der Waals surface area contributed by atoms with Crippen LogP contribution in [0.5, 0.6) is 0 Å². The molecule has 0 radical (unpaired) electrons. The largest absolute Gasteiger partial charge is 0.392 e. The maximum atomic E-state index is 12.5. The van der Waals surface area contributed by atoms with E-state index in [1.54, 1.807) is 0 Å². The zero-order valence-electron chi connectivity index (χ0n) is 13.8. The van der Waals surface area contributed by atoms with Gasteiger partial charge in [0.1, 0.15) is 0 Å². The third kappa shape index (κ3) is 5.39. The number of nitrogens with two attached hydrogens (primary N) is 1. The highest BCUT2D eigenvalue weighted by Crippen LogP contribution is 2.28. The van der Waals surface area contributed by atoms with Crippen LogP contribution in [0.3, 0.4) is 0 Å². The quantitative estimate of drug-likeness (QED) is 0.476. The van der Waals surface area contributed by atoms with E-state index < -0.39 is 5.41 Å². The predicted octanol–water partition coefficient (Wildman–Crippen LogP) is 3.80. The molecule has 0 heterocycles. The Morgan fingerprint density at radius 1 is 1.15 bits per heavy atom. The van der Waals surface area contributed by atoms with Gasteiger partial charge in [0.15, 0.2) is 0 Å². The molecule has 0 saturated heterocycles. The molecular weight excluding hydrogens is 268 g/mol. The fraction of sp³-hybridized carbons (Fsp3) is 0.875. The molecule has 0 fully saturated rings. The highest BCUT2D eigenvalue weighted by Gasteiger charge is 2.38. The van der Waals surface area contributed by atoms with E-state index in [0.717, 1.165) is 6.42 Å². The van der Waals surface area contributed by atoms with E-state index in [4.69, 9.17) is 18.0 Å². The second-order valence-electron chi connectivity index (χ2n) is 6.46. The molecule has 0 aliphatic heterocycles. The first-order valence-corrected chi connectivity index (χ1v) is 8.24. The van der Waals surface area contributed by atoms with Gasteiger partial charge in [-0.1, -0.05) is 66.1 Å². The number of carbonyl (C=O) groups excluding carboxylic acids is 1. The lowest BCUT2D eigenvalue weighted by Gasteiger charge is -2.32. The van der Waals surface area contributed by atoms with Gasteiger partial charge >= 0.3 is 0 Å². The molecule has 0 spiro atoms. The highest BCUT2D eigenvalue weighted by atomic mass is 32.1. The number of carbonyl (C=O) groups is 1. The van der Waals surface area contributed by atoms with Gasteiger partial charge in [-0.2, -0.15) is 0 Å². The number of hydrogen-bond donors (Lipinski definition) is 2. The third-order valence-electron chi connectivity index (χ3n) is 4.30. The minimum atomic E-state index is -0.686. The molecule has 0 atom stereocenters. The summed E-state index contributed by atoms with van der Waals surface area (Å²) < 4.78 is 0. The SMILES string of the molecule is CCCCCC(C)(C)CNC(=O)C(CC)(CC)C(N)=S. The van der Waals surface area contributed by atoms with Crippen LogP contribution in [0.25, 0.3) is 0 Å². The summed E-state index contributed by atoms with van der Waals surface area (Å²) in [4.78, 5) is 12.8. The van der Waals surface area contributed by atoms with Gasteiger partial charge in [0, 0.05) is 6.54 Å². The van der Waals surface area contributed by atoms with Crippen molar-refractivity contribution in [2.45, 2.75) is 73.1 Å². The third-order valence-corrected chi connectivity index (χ3v) is 4.69. The molecule has 0 unspecified atom stereocenters. The van der Waals surface area contributed by atoms with Crippen molar-refractivity contribution >= 4 is 23.1 Å². The van der Waals surface area contributed by atoms with Gasteiger partial charge < -0.3 is 11.1 Å². The van der Waals surface area contributed by atoms with E-state index >= 15 is 0 Å². The predicted molar refractivity (Wildman–Crippen MR) is 90.7 cm³/mol. The topological polar surface area (TPSA) is 55.1 Å². The van der Waals surface area contributed by atoms with Crippen LogP contribution in [0.1, 0.15) is 73.1 Å². The molecule has 0 aromatic rings. The molecule has 0 aliphatic rings. The van der Waals surface area contributed by atoms with Crippen LogP contribution < -0.4 is 11.1 Å². The van der Waals surface area contributed by atoms with Crippen LogP contribution in [0.15, 0.2) is 0 Å². The van der Waals surface area contributed by atoms with E-state index in [9.17, 15) is 4.79 Å². The number of unbranched alkanes of at least 4 members (excludes halogenated alkanes) is 2. The molecular formula is C16H32N2OS. The van der Waals surface area contributed by atoms with Crippen molar-refractivity contribution in [2.75, 3.05) is 6.54 Å². The Labute approximate surface area is 130 Å². The van der Waals surface area contributed by atoms with Crippen LogP contribution in [0.2, 0.25) is 0 Å². The monoisotopic (exact) mass is 300 g/mol. The molecule has 3 N–H and O–H groups in total. The van der Waals surface area contributed by atoms with Gasteiger partial charge in [-0.25, -0.2) is 0 Å². The van der Waals surface area contributed by atoms with Crippen molar-refractivity contribution in [2.24, 2.45) is 16.6 Å². The fourth-order valence-electron chi connectivity index (χ4n) is 2.46. The van der Waals surface area contributed by atoms with Crippen molar-refractivity contribution in [1.82, 2.24) is 5.32 Å². The standard InChI is InChI=1S/C16H32N2OS/c1-6-9-10-11-15(4,5)12-18-14(19)16(7-2,8-3)13(17)20/h6-12H2,1-5H3,(H2,17,20)(H,18,19). The lowest BCUT2D eigenvalue weighted by molar-refractivity contribution is -0.128. The summed E-state index contributed by atoms with van der Waals surface area (Å²) in [5.74, 6) is -0.0152. The van der Waals surface area contributed by atoms with E-state index in [2.05, 4.69) is 26.1 Å². The van der Waals surface area contributed by atoms with Crippen molar-refractivity contribution < 1.29 is 4.79 Å². The number of hydrogen-bond acceptors (Lipinski definition) is 2. The van der Waals surface area contributed by atoms with Crippen LogP contribution in [-0.4, -0.2) is 17.4 Å². The first kappa shape index (κ1) is 19.4. The Kier molecular flexibility index (Phi) is 8.33. The average molecular weight is 301 g/mol. The summed E-state index contributed by atoms with van der Waals surface area (Å²) in [5.41, 5.74) is 5.24. The van der Waals surface area contributed by atoms with Gasteiger partial charge in [0.05, 0.1) is 10.4 Å². The number of rotatable bonds is 10. The van der Waals surface area contributed by atoms with Crippen molar-refractivity contribution in [3.63, 3.8) is 0 Å². The summed E-state index contributed by atoms with van der Waals surface area (Å²) in [6.45, 7) is 11.2. The molecule has 4 heteroatoms. The molecule has 118 valence electrons. The van der Waals surface area contributed by atoms with E-state index in [-0.39, 0.29) is 11.3 Å².